The normalized spacial score (nSPS) is 19.2. The molecule has 0 bridgehead atoms. The number of rotatable bonds is 8. The molecule has 2 unspecified atom stereocenters. The van der Waals surface area contributed by atoms with Gasteiger partial charge in [-0.1, -0.05) is 0 Å². The molecule has 2 amide bonds. The molecule has 1 saturated carbocycles. The maximum atomic E-state index is 13.2. The number of imidazole rings is 1. The van der Waals surface area contributed by atoms with Gasteiger partial charge in [0.25, 0.3) is 11.8 Å². The van der Waals surface area contributed by atoms with Crippen molar-refractivity contribution in [1.82, 2.24) is 24.8 Å². The van der Waals surface area contributed by atoms with Gasteiger partial charge in [-0.2, -0.15) is 0 Å². The molecule has 10 heteroatoms. The molecular formula is C23H32N6O4. The number of amides is 2. The van der Waals surface area contributed by atoms with Crippen molar-refractivity contribution in [2.24, 2.45) is 5.92 Å². The predicted molar refractivity (Wildman–Crippen MR) is 123 cm³/mol. The Bertz CT molecular complexity index is 1000. The van der Waals surface area contributed by atoms with E-state index in [0.29, 0.717) is 24.6 Å². The average molecular weight is 457 g/mol. The third-order valence-electron chi connectivity index (χ3n) is 6.20. The molecule has 4 rings (SSSR count). The number of ether oxygens (including phenoxy) is 2. The van der Waals surface area contributed by atoms with Gasteiger partial charge in [-0.15, -0.1) is 0 Å². The van der Waals surface area contributed by atoms with Gasteiger partial charge in [-0.25, -0.2) is 9.97 Å². The summed E-state index contributed by atoms with van der Waals surface area (Å²) < 4.78 is 13.5. The van der Waals surface area contributed by atoms with Gasteiger partial charge in [0.1, 0.15) is 5.69 Å². The van der Waals surface area contributed by atoms with E-state index < -0.39 is 6.10 Å². The lowest BCUT2D eigenvalue weighted by Crippen LogP contribution is -2.57. The van der Waals surface area contributed by atoms with Crippen molar-refractivity contribution in [2.45, 2.75) is 45.4 Å². The van der Waals surface area contributed by atoms with E-state index in [-0.39, 0.29) is 23.6 Å². The maximum Gasteiger partial charge on any atom is 0.269 e. The number of hydrogen-bond acceptors (Lipinski definition) is 7. The van der Waals surface area contributed by atoms with Crippen LogP contribution < -0.4 is 19.7 Å². The molecule has 0 radical (unpaired) electrons. The molecule has 3 heterocycles. The minimum absolute atomic E-state index is 0.0130. The standard InChI is InChI=1S/C23H32N6O4/c1-15-13-28(23-25-7-8-27(23)14-17-5-6-17)9-10-29(15)22(31)16(2)33-20-12-26-18(21(30)24-3)11-19(20)32-4/h7-8,11-12,15-17H,5-6,9-10,13-14H2,1-4H3,(H,24,30). The van der Waals surface area contributed by atoms with Gasteiger partial charge < -0.3 is 29.2 Å². The number of anilines is 1. The van der Waals surface area contributed by atoms with E-state index in [1.165, 1.54) is 39.3 Å². The SMILES string of the molecule is CNC(=O)c1cc(OC)c(OC(C)C(=O)N2CCN(c3nccn3CC3CC3)CC2C)cn1. The molecule has 2 aromatic rings. The molecule has 10 nitrogen and oxygen atoms in total. The van der Waals surface area contributed by atoms with Crippen LogP contribution in [0.25, 0.3) is 0 Å². The highest BCUT2D eigenvalue weighted by Crippen LogP contribution is 2.32. The molecule has 1 N–H and O–H groups in total. The molecule has 178 valence electrons. The van der Waals surface area contributed by atoms with Gasteiger partial charge >= 0.3 is 0 Å². The van der Waals surface area contributed by atoms with Crippen LogP contribution >= 0.6 is 0 Å². The molecule has 0 aromatic carbocycles. The van der Waals surface area contributed by atoms with Crippen LogP contribution in [0.2, 0.25) is 0 Å². The van der Waals surface area contributed by atoms with Gasteiger partial charge in [-0.05, 0) is 32.6 Å². The quantitative estimate of drug-likeness (QED) is 0.643. The summed E-state index contributed by atoms with van der Waals surface area (Å²) in [5.74, 6) is 2.00. The molecular weight excluding hydrogens is 424 g/mol. The lowest BCUT2D eigenvalue weighted by molar-refractivity contribution is -0.140. The lowest BCUT2D eigenvalue weighted by Gasteiger charge is -2.41. The third kappa shape index (κ3) is 5.04. The van der Waals surface area contributed by atoms with Crippen LogP contribution in [0.5, 0.6) is 11.5 Å². The van der Waals surface area contributed by atoms with Crippen molar-refractivity contribution < 1.29 is 19.1 Å². The van der Waals surface area contributed by atoms with Crippen LogP contribution in [-0.2, 0) is 11.3 Å². The first-order chi connectivity index (χ1) is 15.9. The molecule has 1 saturated heterocycles. The Morgan fingerprint density at radius 2 is 2.03 bits per heavy atom. The summed E-state index contributed by atoms with van der Waals surface area (Å²) in [5.41, 5.74) is 0.213. The van der Waals surface area contributed by atoms with Crippen molar-refractivity contribution in [1.29, 1.82) is 0 Å². The van der Waals surface area contributed by atoms with E-state index in [9.17, 15) is 9.59 Å². The third-order valence-corrected chi connectivity index (χ3v) is 6.20. The summed E-state index contributed by atoms with van der Waals surface area (Å²) in [7, 11) is 3.01. The number of hydrogen-bond donors (Lipinski definition) is 1. The molecule has 2 fully saturated rings. The Labute approximate surface area is 193 Å². The van der Waals surface area contributed by atoms with Crippen molar-refractivity contribution >= 4 is 17.8 Å². The zero-order valence-electron chi connectivity index (χ0n) is 19.7. The van der Waals surface area contributed by atoms with Crippen LogP contribution in [0.3, 0.4) is 0 Å². The second kappa shape index (κ2) is 9.68. The maximum absolute atomic E-state index is 13.2. The molecule has 0 spiro atoms. The predicted octanol–water partition coefficient (Wildman–Crippen LogP) is 1.56. The highest BCUT2D eigenvalue weighted by atomic mass is 16.5. The van der Waals surface area contributed by atoms with Crippen molar-refractivity contribution in [2.75, 3.05) is 38.7 Å². The largest absolute Gasteiger partial charge is 0.493 e. The summed E-state index contributed by atoms with van der Waals surface area (Å²) in [4.78, 5) is 37.8. The summed E-state index contributed by atoms with van der Waals surface area (Å²) in [5, 5.41) is 2.52. The summed E-state index contributed by atoms with van der Waals surface area (Å²) in [6.07, 6.45) is 7.17. The van der Waals surface area contributed by atoms with Gasteiger partial charge in [-0.3, -0.25) is 9.59 Å². The Kier molecular flexibility index (Phi) is 6.71. The Balaban J connectivity index is 1.38. The molecule has 2 aliphatic rings. The average Bonchev–Trinajstić information content (AvgIpc) is 3.52. The zero-order valence-corrected chi connectivity index (χ0v) is 19.7. The number of aromatic nitrogens is 3. The Morgan fingerprint density at radius 3 is 2.70 bits per heavy atom. The van der Waals surface area contributed by atoms with E-state index in [1.54, 1.807) is 6.92 Å². The van der Waals surface area contributed by atoms with Crippen molar-refractivity contribution in [3.63, 3.8) is 0 Å². The fraction of sp³-hybridized carbons (Fsp3) is 0.565. The second-order valence-corrected chi connectivity index (χ2v) is 8.71. The number of nitrogens with zero attached hydrogens (tertiary/aromatic N) is 5. The number of pyridine rings is 1. The van der Waals surface area contributed by atoms with E-state index in [0.717, 1.165) is 25.0 Å². The molecule has 1 aliphatic carbocycles. The first-order valence-corrected chi connectivity index (χ1v) is 11.4. The topological polar surface area (TPSA) is 102 Å². The van der Waals surface area contributed by atoms with Crippen LogP contribution in [-0.4, -0.2) is 77.2 Å². The van der Waals surface area contributed by atoms with Crippen LogP contribution in [0, 0.1) is 5.92 Å². The molecule has 2 aromatic heterocycles. The smallest absolute Gasteiger partial charge is 0.269 e. The first-order valence-electron chi connectivity index (χ1n) is 11.4. The van der Waals surface area contributed by atoms with Gasteiger partial charge in [0.2, 0.25) is 5.95 Å². The monoisotopic (exact) mass is 456 g/mol. The molecule has 2 atom stereocenters. The molecule has 1 aliphatic heterocycles. The number of methoxy groups -OCH3 is 1. The minimum Gasteiger partial charge on any atom is -0.493 e. The Morgan fingerprint density at radius 1 is 1.24 bits per heavy atom. The van der Waals surface area contributed by atoms with E-state index >= 15 is 0 Å². The van der Waals surface area contributed by atoms with E-state index in [4.69, 9.17) is 9.47 Å². The fourth-order valence-corrected chi connectivity index (χ4v) is 4.17. The second-order valence-electron chi connectivity index (χ2n) is 8.71. The van der Waals surface area contributed by atoms with Gasteiger partial charge in [0, 0.05) is 57.7 Å². The lowest BCUT2D eigenvalue weighted by atomic mass is 10.1. The fourth-order valence-electron chi connectivity index (χ4n) is 4.17. The summed E-state index contributed by atoms with van der Waals surface area (Å²) in [6.45, 7) is 6.81. The van der Waals surface area contributed by atoms with Crippen molar-refractivity contribution in [3.05, 3.63) is 30.4 Å². The summed E-state index contributed by atoms with van der Waals surface area (Å²) in [6, 6.07) is 1.51. The first kappa shape index (κ1) is 22.9. The highest BCUT2D eigenvalue weighted by Gasteiger charge is 2.33. The minimum atomic E-state index is -0.725. The number of carbonyl (C=O) groups is 2. The number of carbonyl (C=O) groups excluding carboxylic acids is 2. The van der Waals surface area contributed by atoms with Gasteiger partial charge in [0.15, 0.2) is 17.6 Å². The number of nitrogens with one attached hydrogen (secondary N) is 1. The zero-order chi connectivity index (χ0) is 23.5. The van der Waals surface area contributed by atoms with Crippen LogP contribution in [0.4, 0.5) is 5.95 Å². The van der Waals surface area contributed by atoms with Crippen LogP contribution in [0.15, 0.2) is 24.7 Å². The Hall–Kier alpha value is -3.30. The summed E-state index contributed by atoms with van der Waals surface area (Å²) >= 11 is 0. The van der Waals surface area contributed by atoms with Gasteiger partial charge in [0.05, 0.1) is 13.3 Å². The molecule has 33 heavy (non-hydrogen) atoms. The van der Waals surface area contributed by atoms with Crippen LogP contribution in [0.1, 0.15) is 37.2 Å². The van der Waals surface area contributed by atoms with Crippen molar-refractivity contribution in [3.8, 4) is 11.5 Å². The van der Waals surface area contributed by atoms with E-state index in [1.807, 2.05) is 24.2 Å². The van der Waals surface area contributed by atoms with E-state index in [2.05, 4.69) is 24.8 Å². The highest BCUT2D eigenvalue weighted by molar-refractivity contribution is 5.92. The number of piperazine rings is 1.